The summed E-state index contributed by atoms with van der Waals surface area (Å²) in [5, 5.41) is 7.72. The number of rotatable bonds is 3. The van der Waals surface area contributed by atoms with Crippen LogP contribution in [-0.4, -0.2) is 40.2 Å². The Kier molecular flexibility index (Phi) is 4.09. The van der Waals surface area contributed by atoms with Gasteiger partial charge in [-0.25, -0.2) is 0 Å². The van der Waals surface area contributed by atoms with Crippen molar-refractivity contribution in [3.05, 3.63) is 54.2 Å². The van der Waals surface area contributed by atoms with Crippen LogP contribution in [0.1, 0.15) is 23.2 Å². The van der Waals surface area contributed by atoms with Gasteiger partial charge >= 0.3 is 0 Å². The van der Waals surface area contributed by atoms with E-state index in [1.807, 2.05) is 35.2 Å². The zero-order valence-electron chi connectivity index (χ0n) is 11.7. The van der Waals surface area contributed by atoms with Crippen LogP contribution in [0.4, 0.5) is 0 Å². The number of hydrogen-bond donors (Lipinski definition) is 0. The Morgan fingerprint density at radius 2 is 1.86 bits per heavy atom. The van der Waals surface area contributed by atoms with Crippen molar-refractivity contribution in [2.24, 2.45) is 0 Å². The normalized spacial score (nSPS) is 15.7. The molecule has 0 saturated carbocycles. The molecule has 2 aromatic rings. The minimum Gasteiger partial charge on any atom is -0.473 e. The fourth-order valence-electron chi connectivity index (χ4n) is 2.46. The molecule has 0 radical (unpaired) electrons. The number of aromatic nitrogens is 2. The molecule has 0 unspecified atom stereocenters. The van der Waals surface area contributed by atoms with E-state index in [9.17, 15) is 4.79 Å². The Morgan fingerprint density at radius 1 is 1.10 bits per heavy atom. The summed E-state index contributed by atoms with van der Waals surface area (Å²) in [5.41, 5.74) is 0.741. The van der Waals surface area contributed by atoms with E-state index in [4.69, 9.17) is 4.74 Å². The summed E-state index contributed by atoms with van der Waals surface area (Å²) >= 11 is 0. The largest absolute Gasteiger partial charge is 0.473 e. The van der Waals surface area contributed by atoms with Crippen LogP contribution in [0.15, 0.2) is 48.7 Å². The maximum absolute atomic E-state index is 12.3. The van der Waals surface area contributed by atoms with Crippen molar-refractivity contribution in [1.29, 1.82) is 0 Å². The third-order valence-electron chi connectivity index (χ3n) is 3.59. The number of carbonyl (C=O) groups excluding carboxylic acids is 1. The van der Waals surface area contributed by atoms with E-state index in [1.54, 1.807) is 18.3 Å². The van der Waals surface area contributed by atoms with Crippen LogP contribution in [0, 0.1) is 0 Å². The van der Waals surface area contributed by atoms with Crippen molar-refractivity contribution < 1.29 is 9.53 Å². The van der Waals surface area contributed by atoms with Crippen LogP contribution in [0.5, 0.6) is 5.88 Å². The van der Waals surface area contributed by atoms with E-state index in [-0.39, 0.29) is 12.0 Å². The van der Waals surface area contributed by atoms with Gasteiger partial charge in [-0.1, -0.05) is 18.2 Å². The van der Waals surface area contributed by atoms with Crippen molar-refractivity contribution in [1.82, 2.24) is 15.1 Å². The smallest absolute Gasteiger partial charge is 0.253 e. The second kappa shape index (κ2) is 6.35. The summed E-state index contributed by atoms with van der Waals surface area (Å²) < 4.78 is 5.78. The first kappa shape index (κ1) is 13.5. The van der Waals surface area contributed by atoms with Crippen molar-refractivity contribution in [2.75, 3.05) is 13.1 Å². The lowest BCUT2D eigenvalue weighted by Gasteiger charge is -2.31. The highest BCUT2D eigenvalue weighted by atomic mass is 16.5. The van der Waals surface area contributed by atoms with Gasteiger partial charge in [-0.05, 0) is 18.2 Å². The predicted molar refractivity (Wildman–Crippen MR) is 78.0 cm³/mol. The lowest BCUT2D eigenvalue weighted by molar-refractivity contribution is 0.0586. The van der Waals surface area contributed by atoms with E-state index in [1.165, 1.54) is 0 Å². The molecule has 108 valence electrons. The topological polar surface area (TPSA) is 55.3 Å². The lowest BCUT2D eigenvalue weighted by Crippen LogP contribution is -2.41. The molecule has 1 fully saturated rings. The van der Waals surface area contributed by atoms with E-state index < -0.39 is 0 Å². The summed E-state index contributed by atoms with van der Waals surface area (Å²) in [4.78, 5) is 14.2. The second-order valence-corrected chi connectivity index (χ2v) is 5.04. The van der Waals surface area contributed by atoms with E-state index in [0.29, 0.717) is 19.0 Å². The first-order valence-corrected chi connectivity index (χ1v) is 7.11. The van der Waals surface area contributed by atoms with Gasteiger partial charge in [0.05, 0.1) is 0 Å². The number of carbonyl (C=O) groups is 1. The molecule has 1 aromatic carbocycles. The number of piperidine rings is 1. The molecule has 1 saturated heterocycles. The molecular weight excluding hydrogens is 266 g/mol. The monoisotopic (exact) mass is 283 g/mol. The van der Waals surface area contributed by atoms with Crippen LogP contribution in [0.2, 0.25) is 0 Å². The summed E-state index contributed by atoms with van der Waals surface area (Å²) in [6.45, 7) is 1.41. The van der Waals surface area contributed by atoms with E-state index in [2.05, 4.69) is 10.2 Å². The molecule has 5 nitrogen and oxygen atoms in total. The maximum Gasteiger partial charge on any atom is 0.253 e. The second-order valence-electron chi connectivity index (χ2n) is 5.04. The van der Waals surface area contributed by atoms with Crippen molar-refractivity contribution in [3.63, 3.8) is 0 Å². The van der Waals surface area contributed by atoms with Gasteiger partial charge in [0, 0.05) is 43.8 Å². The van der Waals surface area contributed by atoms with Crippen molar-refractivity contribution >= 4 is 5.91 Å². The van der Waals surface area contributed by atoms with Crippen LogP contribution < -0.4 is 4.74 Å². The van der Waals surface area contributed by atoms with Gasteiger partial charge in [0.25, 0.3) is 5.91 Å². The molecule has 5 heteroatoms. The molecule has 1 aromatic heterocycles. The molecule has 2 heterocycles. The van der Waals surface area contributed by atoms with Crippen LogP contribution in [0.25, 0.3) is 0 Å². The first-order chi connectivity index (χ1) is 10.3. The van der Waals surface area contributed by atoms with Gasteiger partial charge < -0.3 is 9.64 Å². The molecule has 0 atom stereocenters. The Balaban J connectivity index is 1.54. The molecule has 21 heavy (non-hydrogen) atoms. The van der Waals surface area contributed by atoms with Gasteiger partial charge in [-0.2, -0.15) is 5.10 Å². The van der Waals surface area contributed by atoms with Crippen molar-refractivity contribution in [2.45, 2.75) is 18.9 Å². The van der Waals surface area contributed by atoms with Gasteiger partial charge in [-0.3, -0.25) is 4.79 Å². The summed E-state index contributed by atoms with van der Waals surface area (Å²) in [7, 11) is 0. The van der Waals surface area contributed by atoms with E-state index in [0.717, 1.165) is 18.4 Å². The fourth-order valence-corrected chi connectivity index (χ4v) is 2.46. The molecule has 1 aliphatic heterocycles. The average Bonchev–Trinajstić information content (AvgIpc) is 2.57. The molecule has 0 N–H and O–H groups in total. The standard InChI is InChI=1S/C16H17N3O2/c20-16(13-5-2-1-3-6-13)19-11-8-14(9-12-19)21-15-7-4-10-17-18-15/h1-7,10,14H,8-9,11-12H2. The van der Waals surface area contributed by atoms with Crippen LogP contribution in [0.3, 0.4) is 0 Å². The van der Waals surface area contributed by atoms with Crippen LogP contribution in [-0.2, 0) is 0 Å². The number of nitrogens with zero attached hydrogens (tertiary/aromatic N) is 3. The van der Waals surface area contributed by atoms with Gasteiger partial charge in [0.2, 0.25) is 5.88 Å². The third-order valence-corrected chi connectivity index (χ3v) is 3.59. The highest BCUT2D eigenvalue weighted by molar-refractivity contribution is 5.94. The lowest BCUT2D eigenvalue weighted by atomic mass is 10.1. The number of amides is 1. The third kappa shape index (κ3) is 3.37. The Morgan fingerprint density at radius 3 is 2.52 bits per heavy atom. The molecule has 0 aliphatic carbocycles. The molecule has 3 rings (SSSR count). The molecule has 1 amide bonds. The van der Waals surface area contributed by atoms with E-state index >= 15 is 0 Å². The van der Waals surface area contributed by atoms with Crippen LogP contribution >= 0.6 is 0 Å². The van der Waals surface area contributed by atoms with Crippen molar-refractivity contribution in [3.8, 4) is 5.88 Å². The van der Waals surface area contributed by atoms with Gasteiger partial charge in [0.1, 0.15) is 6.10 Å². The predicted octanol–water partition coefficient (Wildman–Crippen LogP) is 2.16. The molecular formula is C16H17N3O2. The number of hydrogen-bond acceptors (Lipinski definition) is 4. The highest BCUT2D eigenvalue weighted by Gasteiger charge is 2.24. The zero-order chi connectivity index (χ0) is 14.5. The minimum atomic E-state index is 0.0913. The SMILES string of the molecule is O=C(c1ccccc1)N1CCC(Oc2cccnn2)CC1. The zero-order valence-corrected chi connectivity index (χ0v) is 11.7. The number of benzene rings is 1. The highest BCUT2D eigenvalue weighted by Crippen LogP contribution is 2.18. The summed E-state index contributed by atoms with van der Waals surface area (Å²) in [6, 6.07) is 13.0. The summed E-state index contributed by atoms with van der Waals surface area (Å²) in [6.07, 6.45) is 3.35. The minimum absolute atomic E-state index is 0.0913. The Labute approximate surface area is 123 Å². The molecule has 0 bridgehead atoms. The van der Waals surface area contributed by atoms with Gasteiger partial charge in [-0.15, -0.1) is 5.10 Å². The molecule has 0 spiro atoms. The number of likely N-dealkylation sites (tertiary alicyclic amines) is 1. The number of ether oxygens (including phenoxy) is 1. The summed E-state index contributed by atoms with van der Waals surface area (Å²) in [5.74, 6) is 0.638. The Bertz CT molecular complexity index is 581. The maximum atomic E-state index is 12.3. The molecule has 1 aliphatic rings. The quantitative estimate of drug-likeness (QED) is 0.866. The Hall–Kier alpha value is -2.43. The fraction of sp³-hybridized carbons (Fsp3) is 0.312. The first-order valence-electron chi connectivity index (χ1n) is 7.11. The van der Waals surface area contributed by atoms with Gasteiger partial charge in [0.15, 0.2) is 0 Å². The average molecular weight is 283 g/mol.